The van der Waals surface area contributed by atoms with Crippen LogP contribution in [0.3, 0.4) is 0 Å². The minimum Gasteiger partial charge on any atom is -0.440 e. The summed E-state index contributed by atoms with van der Waals surface area (Å²) in [6.07, 6.45) is -3.11. The number of halogens is 3. The van der Waals surface area contributed by atoms with E-state index in [4.69, 9.17) is 4.42 Å². The second-order valence-corrected chi connectivity index (χ2v) is 4.33. The summed E-state index contributed by atoms with van der Waals surface area (Å²) in [4.78, 5) is 4.08. The summed E-state index contributed by atoms with van der Waals surface area (Å²) >= 11 is 0. The van der Waals surface area contributed by atoms with E-state index in [2.05, 4.69) is 11.6 Å². The third kappa shape index (κ3) is 2.12. The van der Waals surface area contributed by atoms with Gasteiger partial charge in [-0.15, -0.1) is 0 Å². The predicted octanol–water partition coefficient (Wildman–Crippen LogP) is 4.61. The Balaban J connectivity index is 2.77. The number of oxazole rings is 1. The molecule has 2 nitrogen and oxygen atoms in total. The largest absolute Gasteiger partial charge is 0.440 e. The molecule has 96 valence electrons. The second-order valence-electron chi connectivity index (χ2n) is 4.33. The van der Waals surface area contributed by atoms with E-state index < -0.39 is 11.7 Å². The zero-order valence-electron chi connectivity index (χ0n) is 10.0. The lowest BCUT2D eigenvalue weighted by Gasteiger charge is -2.07. The van der Waals surface area contributed by atoms with Crippen molar-refractivity contribution in [3.05, 3.63) is 35.7 Å². The maximum atomic E-state index is 12.9. The van der Waals surface area contributed by atoms with Gasteiger partial charge in [-0.05, 0) is 17.7 Å². The van der Waals surface area contributed by atoms with Crippen molar-refractivity contribution in [3.63, 3.8) is 0 Å². The normalized spacial score (nSPS) is 12.3. The van der Waals surface area contributed by atoms with Gasteiger partial charge in [0.15, 0.2) is 11.5 Å². The molecule has 0 saturated carbocycles. The fourth-order valence-corrected chi connectivity index (χ4v) is 1.65. The molecule has 2 rings (SSSR count). The average molecular weight is 255 g/mol. The summed E-state index contributed by atoms with van der Waals surface area (Å²) < 4.78 is 44.0. The van der Waals surface area contributed by atoms with Crippen LogP contribution >= 0.6 is 0 Å². The van der Waals surface area contributed by atoms with Gasteiger partial charge in [0.2, 0.25) is 0 Å². The summed E-state index contributed by atoms with van der Waals surface area (Å²) in [5.41, 5.74) is -0.437. The lowest BCUT2D eigenvalue weighted by molar-refractivity contribution is -0.136. The van der Waals surface area contributed by atoms with Crippen LogP contribution < -0.4 is 0 Å². The average Bonchev–Trinajstić information content (AvgIpc) is 2.69. The van der Waals surface area contributed by atoms with E-state index in [0.717, 1.165) is 6.07 Å². The molecule has 2 aromatic rings. The monoisotopic (exact) mass is 255 g/mol. The van der Waals surface area contributed by atoms with Crippen LogP contribution in [0.4, 0.5) is 13.2 Å². The SMILES string of the molecule is C=Cc1cc(C(F)(F)F)c2oc(C(C)C)nc2c1. The Hall–Kier alpha value is -1.78. The van der Waals surface area contributed by atoms with Crippen LogP contribution in [0.15, 0.2) is 23.1 Å². The smallest absolute Gasteiger partial charge is 0.420 e. The minimum atomic E-state index is -4.47. The molecule has 0 aliphatic rings. The first-order valence-electron chi connectivity index (χ1n) is 5.47. The lowest BCUT2D eigenvalue weighted by atomic mass is 10.1. The summed E-state index contributed by atoms with van der Waals surface area (Å²) in [6, 6.07) is 2.55. The Labute approximate surface area is 102 Å². The highest BCUT2D eigenvalue weighted by Gasteiger charge is 2.35. The Kier molecular flexibility index (Phi) is 2.92. The molecule has 0 amide bonds. The van der Waals surface area contributed by atoms with Gasteiger partial charge in [0.05, 0.1) is 0 Å². The second kappa shape index (κ2) is 4.15. The van der Waals surface area contributed by atoms with E-state index >= 15 is 0 Å². The Morgan fingerprint density at radius 1 is 1.33 bits per heavy atom. The lowest BCUT2D eigenvalue weighted by Crippen LogP contribution is -2.05. The van der Waals surface area contributed by atoms with Gasteiger partial charge in [0.1, 0.15) is 11.1 Å². The fourth-order valence-electron chi connectivity index (χ4n) is 1.65. The number of aromatic nitrogens is 1. The first-order chi connectivity index (χ1) is 8.32. The van der Waals surface area contributed by atoms with Crippen LogP contribution in [0.5, 0.6) is 0 Å². The third-order valence-electron chi connectivity index (χ3n) is 2.56. The molecule has 18 heavy (non-hydrogen) atoms. The maximum Gasteiger partial charge on any atom is 0.420 e. The molecule has 0 aliphatic heterocycles. The van der Waals surface area contributed by atoms with Crippen molar-refractivity contribution in [1.29, 1.82) is 0 Å². The molecule has 1 heterocycles. The molecule has 5 heteroatoms. The molecular formula is C13H12F3NO. The molecule has 0 fully saturated rings. The molecule has 0 N–H and O–H groups in total. The molecule has 1 aromatic carbocycles. The Morgan fingerprint density at radius 2 is 2.00 bits per heavy atom. The highest BCUT2D eigenvalue weighted by Crippen LogP contribution is 2.37. The fraction of sp³-hybridized carbons (Fsp3) is 0.308. The predicted molar refractivity (Wildman–Crippen MR) is 63.2 cm³/mol. The van der Waals surface area contributed by atoms with Crippen molar-refractivity contribution in [2.24, 2.45) is 0 Å². The van der Waals surface area contributed by atoms with Crippen LogP contribution in [-0.2, 0) is 6.18 Å². The molecule has 0 bridgehead atoms. The van der Waals surface area contributed by atoms with E-state index in [1.165, 1.54) is 12.1 Å². The molecule has 0 aliphatic carbocycles. The van der Waals surface area contributed by atoms with Gasteiger partial charge < -0.3 is 4.42 Å². The van der Waals surface area contributed by atoms with Crippen molar-refractivity contribution in [2.45, 2.75) is 25.9 Å². The van der Waals surface area contributed by atoms with Gasteiger partial charge in [-0.25, -0.2) is 4.98 Å². The number of fused-ring (bicyclic) bond motifs is 1. The van der Waals surface area contributed by atoms with Crippen LogP contribution in [0.1, 0.15) is 36.8 Å². The van der Waals surface area contributed by atoms with E-state index in [0.29, 0.717) is 11.5 Å². The van der Waals surface area contributed by atoms with Crippen LogP contribution in [0, 0.1) is 0 Å². The molecule has 0 saturated heterocycles. The zero-order chi connectivity index (χ0) is 13.5. The molecule has 0 unspecified atom stereocenters. The quantitative estimate of drug-likeness (QED) is 0.783. The number of nitrogens with zero attached hydrogens (tertiary/aromatic N) is 1. The van der Waals surface area contributed by atoms with Gasteiger partial charge in [-0.1, -0.05) is 26.5 Å². The van der Waals surface area contributed by atoms with E-state index in [-0.39, 0.29) is 17.0 Å². The summed E-state index contributed by atoms with van der Waals surface area (Å²) in [6.45, 7) is 7.10. The van der Waals surface area contributed by atoms with Crippen LogP contribution in [-0.4, -0.2) is 4.98 Å². The highest BCUT2D eigenvalue weighted by atomic mass is 19.4. The first-order valence-corrected chi connectivity index (χ1v) is 5.47. The van der Waals surface area contributed by atoms with Gasteiger partial charge in [0, 0.05) is 5.92 Å². The van der Waals surface area contributed by atoms with Gasteiger partial charge in [0.25, 0.3) is 0 Å². The highest BCUT2D eigenvalue weighted by molar-refractivity contribution is 5.80. The van der Waals surface area contributed by atoms with Gasteiger partial charge >= 0.3 is 6.18 Å². The summed E-state index contributed by atoms with van der Waals surface area (Å²) in [7, 11) is 0. The summed E-state index contributed by atoms with van der Waals surface area (Å²) in [5, 5.41) is 0. The van der Waals surface area contributed by atoms with Crippen molar-refractivity contribution in [1.82, 2.24) is 4.98 Å². The Bertz CT molecular complexity index is 596. The van der Waals surface area contributed by atoms with Gasteiger partial charge in [-0.2, -0.15) is 13.2 Å². The third-order valence-corrected chi connectivity index (χ3v) is 2.56. The van der Waals surface area contributed by atoms with Crippen molar-refractivity contribution < 1.29 is 17.6 Å². The molecular weight excluding hydrogens is 243 g/mol. The maximum absolute atomic E-state index is 12.9. The van der Waals surface area contributed by atoms with E-state index in [9.17, 15) is 13.2 Å². The van der Waals surface area contributed by atoms with Crippen molar-refractivity contribution >= 4 is 17.2 Å². The summed E-state index contributed by atoms with van der Waals surface area (Å²) in [5.74, 6) is 0.238. The molecule has 0 atom stereocenters. The number of benzene rings is 1. The van der Waals surface area contributed by atoms with E-state index in [1.807, 2.05) is 13.8 Å². The molecule has 0 radical (unpaired) electrons. The standard InChI is InChI=1S/C13H12F3NO/c1-4-8-5-9(13(14,15)16)11-10(6-8)17-12(18-11)7(2)3/h4-7H,1H2,2-3H3. The minimum absolute atomic E-state index is 0.0642. The topological polar surface area (TPSA) is 26.0 Å². The number of rotatable bonds is 2. The van der Waals surface area contributed by atoms with Crippen molar-refractivity contribution in [3.8, 4) is 0 Å². The van der Waals surface area contributed by atoms with E-state index in [1.54, 1.807) is 0 Å². The van der Waals surface area contributed by atoms with Crippen molar-refractivity contribution in [2.75, 3.05) is 0 Å². The number of alkyl halides is 3. The van der Waals surface area contributed by atoms with Gasteiger partial charge in [-0.3, -0.25) is 0 Å². The molecule has 0 spiro atoms. The zero-order valence-corrected chi connectivity index (χ0v) is 10.0. The molecule has 1 aromatic heterocycles. The number of hydrogen-bond acceptors (Lipinski definition) is 2. The van der Waals surface area contributed by atoms with Crippen LogP contribution in [0.2, 0.25) is 0 Å². The first kappa shape index (κ1) is 12.7. The number of hydrogen-bond donors (Lipinski definition) is 0. The van der Waals surface area contributed by atoms with Crippen LogP contribution in [0.25, 0.3) is 17.2 Å². The Morgan fingerprint density at radius 3 is 2.50 bits per heavy atom.